The highest BCUT2D eigenvalue weighted by atomic mass is 31.2. The Labute approximate surface area is 97.4 Å². The third-order valence-corrected chi connectivity index (χ3v) is 2.19. The molecule has 0 aliphatic rings. The largest absolute Gasteiger partial charge is 0.394 e. The first-order chi connectivity index (χ1) is 8.02. The highest BCUT2D eigenvalue weighted by Gasteiger charge is 2.12. The van der Waals surface area contributed by atoms with Crippen molar-refractivity contribution in [2.75, 3.05) is 18.7 Å². The lowest BCUT2D eigenvalue weighted by Gasteiger charge is -2.16. The molecule has 0 bridgehead atoms. The van der Waals surface area contributed by atoms with Gasteiger partial charge < -0.3 is 25.4 Å². The molecule has 0 aliphatic carbocycles. The van der Waals surface area contributed by atoms with Crippen molar-refractivity contribution in [3.8, 4) is 0 Å². The van der Waals surface area contributed by atoms with Crippen LogP contribution in [0.4, 0.5) is 5.95 Å². The fourth-order valence-electron chi connectivity index (χ4n) is 1.05. The van der Waals surface area contributed by atoms with E-state index in [9.17, 15) is 4.79 Å². The first-order valence-electron chi connectivity index (χ1n) is 4.59. The number of hydrogen-bond acceptors (Lipinski definition) is 8. The molecule has 0 saturated carbocycles. The standard InChI is InChI=1S/C7H13N4O5P/c8-6-9-3-11(7(13)10-6)1-5(2-12)16-4-17(14)15/h3,5,12,14-15H,1-2,4H2,(H2,8,10,13)/t5-/m0/s1. The van der Waals surface area contributed by atoms with Gasteiger partial charge in [-0.3, -0.25) is 4.57 Å². The molecule has 1 heterocycles. The molecular formula is C7H13N4O5P. The Bertz CT molecular complexity index is 411. The first-order valence-corrected chi connectivity index (χ1v) is 6.03. The summed E-state index contributed by atoms with van der Waals surface area (Å²) >= 11 is 0. The number of nitrogen functional groups attached to an aromatic ring is 1. The number of aliphatic hydroxyl groups is 1. The zero-order valence-corrected chi connectivity index (χ0v) is 9.69. The number of anilines is 1. The summed E-state index contributed by atoms with van der Waals surface area (Å²) in [6, 6.07) is 0. The van der Waals surface area contributed by atoms with E-state index in [0.717, 1.165) is 4.57 Å². The molecule has 1 aromatic heterocycles. The number of hydrogen-bond donors (Lipinski definition) is 4. The molecule has 9 nitrogen and oxygen atoms in total. The Kier molecular flexibility index (Phi) is 5.39. The fraction of sp³-hybridized carbons (Fsp3) is 0.571. The van der Waals surface area contributed by atoms with Gasteiger partial charge in [-0.15, -0.1) is 0 Å². The van der Waals surface area contributed by atoms with Crippen LogP contribution in [-0.2, 0) is 11.3 Å². The van der Waals surface area contributed by atoms with E-state index < -0.39 is 20.2 Å². The molecule has 1 atom stereocenters. The summed E-state index contributed by atoms with van der Waals surface area (Å²) in [5.41, 5.74) is 4.59. The lowest BCUT2D eigenvalue weighted by molar-refractivity contribution is 0.0218. The van der Waals surface area contributed by atoms with Crippen LogP contribution in [0.15, 0.2) is 11.1 Å². The number of aliphatic hydroxyl groups excluding tert-OH is 1. The van der Waals surface area contributed by atoms with E-state index >= 15 is 0 Å². The molecule has 0 amide bonds. The summed E-state index contributed by atoms with van der Waals surface area (Å²) in [7, 11) is -2.20. The Morgan fingerprint density at radius 2 is 2.29 bits per heavy atom. The van der Waals surface area contributed by atoms with Gasteiger partial charge in [-0.05, 0) is 0 Å². The molecule has 0 radical (unpaired) electrons. The van der Waals surface area contributed by atoms with Crippen LogP contribution in [0.3, 0.4) is 0 Å². The predicted octanol–water partition coefficient (Wildman–Crippen LogP) is -2.15. The van der Waals surface area contributed by atoms with Gasteiger partial charge in [-0.2, -0.15) is 4.98 Å². The van der Waals surface area contributed by atoms with Crippen molar-refractivity contribution in [2.45, 2.75) is 12.6 Å². The second kappa shape index (κ2) is 6.58. The summed E-state index contributed by atoms with van der Waals surface area (Å²) in [5.74, 6) is -0.137. The maximum Gasteiger partial charge on any atom is 0.352 e. The normalized spacial score (nSPS) is 12.9. The molecule has 1 rings (SSSR count). The molecule has 5 N–H and O–H groups in total. The van der Waals surface area contributed by atoms with E-state index in [1.807, 2.05) is 0 Å². The van der Waals surface area contributed by atoms with E-state index in [4.69, 9.17) is 25.4 Å². The minimum Gasteiger partial charge on any atom is -0.394 e. The van der Waals surface area contributed by atoms with Crippen LogP contribution in [0.25, 0.3) is 0 Å². The van der Waals surface area contributed by atoms with Gasteiger partial charge in [0.1, 0.15) is 12.7 Å². The number of nitrogens with zero attached hydrogens (tertiary/aromatic N) is 3. The van der Waals surface area contributed by atoms with E-state index in [0.29, 0.717) is 0 Å². The number of rotatable bonds is 6. The molecule has 0 aromatic carbocycles. The van der Waals surface area contributed by atoms with Crippen LogP contribution in [0.1, 0.15) is 0 Å². The van der Waals surface area contributed by atoms with Crippen molar-refractivity contribution in [3.63, 3.8) is 0 Å². The van der Waals surface area contributed by atoms with Crippen LogP contribution in [-0.4, -0.2) is 48.5 Å². The van der Waals surface area contributed by atoms with Gasteiger partial charge in [0.25, 0.3) is 0 Å². The zero-order valence-electron chi connectivity index (χ0n) is 8.80. The van der Waals surface area contributed by atoms with Gasteiger partial charge in [0.15, 0.2) is 8.38 Å². The number of nitrogens with two attached hydrogens (primary N) is 1. The predicted molar refractivity (Wildman–Crippen MR) is 58.9 cm³/mol. The van der Waals surface area contributed by atoms with E-state index in [1.54, 1.807) is 0 Å². The highest BCUT2D eigenvalue weighted by molar-refractivity contribution is 7.44. The van der Waals surface area contributed by atoms with Crippen LogP contribution >= 0.6 is 8.38 Å². The Balaban J connectivity index is 2.64. The van der Waals surface area contributed by atoms with Crippen LogP contribution in [0, 0.1) is 0 Å². The van der Waals surface area contributed by atoms with E-state index in [1.165, 1.54) is 6.33 Å². The average molecular weight is 264 g/mol. The second-order valence-electron chi connectivity index (χ2n) is 3.12. The van der Waals surface area contributed by atoms with Crippen LogP contribution in [0.2, 0.25) is 0 Å². The number of ether oxygens (including phenoxy) is 1. The van der Waals surface area contributed by atoms with Gasteiger partial charge in [-0.25, -0.2) is 9.78 Å². The Morgan fingerprint density at radius 1 is 1.59 bits per heavy atom. The third kappa shape index (κ3) is 4.72. The van der Waals surface area contributed by atoms with Gasteiger partial charge in [0.05, 0.1) is 19.3 Å². The summed E-state index contributed by atoms with van der Waals surface area (Å²) < 4.78 is 6.08. The molecule has 0 saturated heterocycles. The van der Waals surface area contributed by atoms with E-state index in [-0.39, 0.29) is 25.4 Å². The van der Waals surface area contributed by atoms with Crippen LogP contribution in [0.5, 0.6) is 0 Å². The van der Waals surface area contributed by atoms with Crippen LogP contribution < -0.4 is 11.4 Å². The molecule has 0 spiro atoms. The maximum atomic E-state index is 11.3. The molecule has 0 unspecified atom stereocenters. The lowest BCUT2D eigenvalue weighted by Crippen LogP contribution is -2.32. The zero-order chi connectivity index (χ0) is 12.8. The summed E-state index contributed by atoms with van der Waals surface area (Å²) in [6.07, 6.45) is 0.131. The first kappa shape index (κ1) is 13.9. The molecule has 0 aliphatic heterocycles. The quantitative estimate of drug-likeness (QED) is 0.426. The SMILES string of the molecule is Nc1ncn(C[C@@H](CO)OCP(O)O)c(=O)n1. The smallest absolute Gasteiger partial charge is 0.352 e. The maximum absolute atomic E-state index is 11.3. The minimum atomic E-state index is -2.20. The van der Waals surface area contributed by atoms with Gasteiger partial charge in [-0.1, -0.05) is 0 Å². The van der Waals surface area contributed by atoms with E-state index in [2.05, 4.69) is 9.97 Å². The van der Waals surface area contributed by atoms with Crippen molar-refractivity contribution in [3.05, 3.63) is 16.8 Å². The Morgan fingerprint density at radius 3 is 2.82 bits per heavy atom. The summed E-state index contributed by atoms with van der Waals surface area (Å²) in [6.45, 7) is -0.376. The summed E-state index contributed by atoms with van der Waals surface area (Å²) in [5, 5.41) is 8.98. The molecule has 10 heteroatoms. The average Bonchev–Trinajstić information content (AvgIpc) is 2.26. The third-order valence-electron chi connectivity index (χ3n) is 1.81. The molecule has 1 aromatic rings. The van der Waals surface area contributed by atoms with Crippen molar-refractivity contribution in [1.82, 2.24) is 14.5 Å². The van der Waals surface area contributed by atoms with Gasteiger partial charge in [0.2, 0.25) is 5.95 Å². The molecule has 0 fully saturated rings. The van der Waals surface area contributed by atoms with Crippen molar-refractivity contribution in [2.24, 2.45) is 0 Å². The fourth-order valence-corrected chi connectivity index (χ4v) is 1.39. The monoisotopic (exact) mass is 264 g/mol. The lowest BCUT2D eigenvalue weighted by atomic mass is 10.4. The molecular weight excluding hydrogens is 251 g/mol. The van der Waals surface area contributed by atoms with Crippen molar-refractivity contribution in [1.29, 1.82) is 0 Å². The number of aromatic nitrogens is 3. The highest BCUT2D eigenvalue weighted by Crippen LogP contribution is 2.22. The minimum absolute atomic E-state index is 0.00120. The molecule has 17 heavy (non-hydrogen) atoms. The Hall–Kier alpha value is -1.12. The van der Waals surface area contributed by atoms with Gasteiger partial charge >= 0.3 is 5.69 Å². The summed E-state index contributed by atoms with van der Waals surface area (Å²) in [4.78, 5) is 35.7. The second-order valence-corrected chi connectivity index (χ2v) is 4.12. The van der Waals surface area contributed by atoms with Crippen molar-refractivity contribution >= 4 is 14.3 Å². The van der Waals surface area contributed by atoms with Crippen molar-refractivity contribution < 1.29 is 19.6 Å². The molecule has 96 valence electrons. The topological polar surface area (TPSA) is 144 Å². The van der Waals surface area contributed by atoms with Gasteiger partial charge in [0, 0.05) is 0 Å².